The van der Waals surface area contributed by atoms with E-state index in [-0.39, 0.29) is 11.1 Å². The minimum atomic E-state index is 0.00387. The first-order valence-corrected chi connectivity index (χ1v) is 10.6. The Balaban J connectivity index is -0.000000140. The van der Waals surface area contributed by atoms with Crippen LogP contribution in [0.4, 0.5) is 0 Å². The molecule has 0 radical (unpaired) electrons. The normalized spacial score (nSPS) is 10.6. The summed E-state index contributed by atoms with van der Waals surface area (Å²) in [7, 11) is 0. The number of hydrogen-bond donors (Lipinski definition) is 0. The van der Waals surface area contributed by atoms with Crippen LogP contribution in [0, 0.1) is 12.8 Å². The monoisotopic (exact) mass is 523 g/mol. The molecule has 0 aliphatic carbocycles. The van der Waals surface area contributed by atoms with Crippen molar-refractivity contribution in [1.82, 2.24) is 0 Å². The minimum Gasteiger partial charge on any atom is -0.332 e. The third-order valence-electron chi connectivity index (χ3n) is 2.02. The number of unbranched alkanes of at least 4 members (excludes halogenated alkanes) is 2. The molecular weight excluding hydrogens is 478 g/mol. The predicted octanol–water partition coefficient (Wildman–Crippen LogP) is 8.17. The third-order valence-corrected chi connectivity index (χ3v) is 3.53. The Morgan fingerprint density at radius 1 is 0.840 bits per heavy atom. The van der Waals surface area contributed by atoms with Gasteiger partial charge in [0.25, 0.3) is 0 Å². The fourth-order valence-corrected chi connectivity index (χ4v) is 0.514. The van der Waals surface area contributed by atoms with Crippen molar-refractivity contribution >= 4 is 0 Å². The number of nitrogens with zero attached hydrogens (tertiary/aromatic N) is 3. The fraction of sp³-hybridized carbons (Fsp3) is 0.810. The summed E-state index contributed by atoms with van der Waals surface area (Å²) in [5, 5.41) is 8.57. The van der Waals surface area contributed by atoms with Crippen LogP contribution < -0.4 is 0 Å². The number of hydrogen-bond acceptors (Lipinski definition) is 1. The molecule has 154 valence electrons. The van der Waals surface area contributed by atoms with Gasteiger partial charge in [-0.05, 0) is 0 Å². The van der Waals surface area contributed by atoms with E-state index in [0.29, 0.717) is 6.04 Å². The van der Waals surface area contributed by atoms with Gasteiger partial charge in [-0.2, -0.15) is 26.7 Å². The SMILES string of the molecule is CC(C)(C)[N-]/C=C\[N-]C(C)(C)C.CC(C)[N]=[W].C[CH-]CC.C[CH-]CC. The van der Waals surface area contributed by atoms with Crippen molar-refractivity contribution in [2.75, 3.05) is 0 Å². The summed E-state index contributed by atoms with van der Waals surface area (Å²) in [5.74, 6) is 0. The van der Waals surface area contributed by atoms with E-state index in [1.807, 2.05) is 0 Å². The van der Waals surface area contributed by atoms with Crippen LogP contribution >= 0.6 is 0 Å². The second-order valence-corrected chi connectivity index (χ2v) is 8.49. The topological polar surface area (TPSA) is 40.6 Å². The summed E-state index contributed by atoms with van der Waals surface area (Å²) in [6.45, 7) is 24.9. The van der Waals surface area contributed by atoms with Gasteiger partial charge in [0.2, 0.25) is 0 Å². The third kappa shape index (κ3) is 69.0. The molecule has 0 saturated carbocycles. The smallest absolute Gasteiger partial charge is 0.0925 e. The molecule has 0 unspecified atom stereocenters. The van der Waals surface area contributed by atoms with Gasteiger partial charge >= 0.3 is 43.0 Å². The van der Waals surface area contributed by atoms with Crippen LogP contribution in [0.5, 0.6) is 0 Å². The summed E-state index contributed by atoms with van der Waals surface area (Å²) in [6, 6.07) is 0.546. The van der Waals surface area contributed by atoms with Crippen molar-refractivity contribution < 1.29 is 19.6 Å². The molecule has 0 spiro atoms. The van der Waals surface area contributed by atoms with Gasteiger partial charge < -0.3 is 23.5 Å². The van der Waals surface area contributed by atoms with Crippen molar-refractivity contribution in [3.63, 3.8) is 0 Å². The quantitative estimate of drug-likeness (QED) is 0.326. The zero-order chi connectivity index (χ0) is 20.9. The van der Waals surface area contributed by atoms with Gasteiger partial charge in [-0.1, -0.05) is 55.4 Å². The minimum absolute atomic E-state index is 0.00387. The molecule has 0 aliphatic rings. The fourth-order valence-electron chi connectivity index (χ4n) is 0.514. The summed E-state index contributed by atoms with van der Waals surface area (Å²) in [5.41, 5.74) is 0.00775. The van der Waals surface area contributed by atoms with E-state index in [9.17, 15) is 0 Å². The first-order chi connectivity index (χ1) is 11.3. The molecule has 0 aromatic carbocycles. The van der Waals surface area contributed by atoms with Crippen LogP contribution in [0.25, 0.3) is 10.6 Å². The second kappa shape index (κ2) is 21.9. The van der Waals surface area contributed by atoms with E-state index in [0.717, 1.165) is 0 Å². The average molecular weight is 523 g/mol. The molecule has 3 nitrogen and oxygen atoms in total. The van der Waals surface area contributed by atoms with Gasteiger partial charge in [-0.15, -0.1) is 11.1 Å². The van der Waals surface area contributed by atoms with Gasteiger partial charge in [0.1, 0.15) is 0 Å². The average Bonchev–Trinajstić information content (AvgIpc) is 2.51. The molecule has 0 amide bonds. The van der Waals surface area contributed by atoms with Crippen LogP contribution in [0.1, 0.15) is 95.9 Å². The van der Waals surface area contributed by atoms with Crippen LogP contribution in [0.2, 0.25) is 0 Å². The first-order valence-electron chi connectivity index (χ1n) is 9.28. The van der Waals surface area contributed by atoms with Gasteiger partial charge in [0.15, 0.2) is 0 Å². The second-order valence-electron chi connectivity index (χ2n) is 7.73. The Morgan fingerprint density at radius 3 is 1.12 bits per heavy atom. The molecule has 0 bridgehead atoms. The maximum Gasteiger partial charge on any atom is -0.0925 e. The van der Waals surface area contributed by atoms with Crippen LogP contribution in [-0.2, 0) is 19.6 Å². The summed E-state index contributed by atoms with van der Waals surface area (Å²) >= 11 is 1.33. The molecule has 0 fully saturated rings. The maximum atomic E-state index is 4.29. The summed E-state index contributed by atoms with van der Waals surface area (Å²) < 4.78 is 3.97. The Morgan fingerprint density at radius 2 is 1.04 bits per heavy atom. The molecule has 0 aromatic rings. The van der Waals surface area contributed by atoms with Crippen molar-refractivity contribution in [2.24, 2.45) is 3.50 Å². The predicted molar refractivity (Wildman–Crippen MR) is 113 cm³/mol. The van der Waals surface area contributed by atoms with E-state index in [1.165, 1.54) is 32.5 Å². The molecule has 0 heterocycles. The zero-order valence-electron chi connectivity index (χ0n) is 19.1. The molecular formula is C21H45N3W-4. The summed E-state index contributed by atoms with van der Waals surface area (Å²) in [6.07, 6.45) is 10.2. The van der Waals surface area contributed by atoms with Crippen LogP contribution in [0.15, 0.2) is 15.9 Å². The van der Waals surface area contributed by atoms with Crippen molar-refractivity contribution in [1.29, 1.82) is 0 Å². The standard InChI is InChI=1S/C10H20N2.2C4H9.C3H7N.W/c1-9(2,3)11-7-8-12-10(4,5)6;2*1-3-4-2;1-3(2)4;/h7-8H,1-6H3;2*3H,4H2,1-2H3;3H,1-2H3;/q-2;2*-1;;/b8-7-;;;;. The van der Waals surface area contributed by atoms with E-state index < -0.39 is 0 Å². The zero-order valence-corrected chi connectivity index (χ0v) is 22.0. The van der Waals surface area contributed by atoms with E-state index in [1.54, 1.807) is 12.4 Å². The molecule has 0 saturated heterocycles. The maximum absolute atomic E-state index is 4.29. The van der Waals surface area contributed by atoms with Gasteiger partial charge in [-0.25, -0.2) is 12.4 Å². The Labute approximate surface area is 172 Å². The Kier molecular flexibility index (Phi) is 28.4. The molecule has 0 rings (SSSR count). The van der Waals surface area contributed by atoms with E-state index in [4.69, 9.17) is 0 Å². The van der Waals surface area contributed by atoms with Crippen molar-refractivity contribution in [3.8, 4) is 0 Å². The van der Waals surface area contributed by atoms with Crippen molar-refractivity contribution in [3.05, 3.63) is 35.9 Å². The Hall–Kier alpha value is -0.172. The first kappa shape index (κ1) is 32.5. The Bertz CT molecular complexity index is 248. The van der Waals surface area contributed by atoms with Gasteiger partial charge in [0, 0.05) is 0 Å². The van der Waals surface area contributed by atoms with Crippen LogP contribution in [0.3, 0.4) is 0 Å². The molecule has 25 heavy (non-hydrogen) atoms. The van der Waals surface area contributed by atoms with E-state index in [2.05, 4.69) is 110 Å². The largest absolute Gasteiger partial charge is 0.332 e. The molecule has 0 atom stereocenters. The van der Waals surface area contributed by atoms with Crippen LogP contribution in [-0.4, -0.2) is 17.1 Å². The van der Waals surface area contributed by atoms with E-state index >= 15 is 0 Å². The molecule has 0 N–H and O–H groups in total. The van der Waals surface area contributed by atoms with Gasteiger partial charge in [0.05, 0.1) is 0 Å². The number of rotatable bonds is 5. The van der Waals surface area contributed by atoms with Crippen molar-refractivity contribution in [2.45, 2.75) is 113 Å². The molecule has 0 aliphatic heterocycles. The molecule has 4 heteroatoms. The summed E-state index contributed by atoms with van der Waals surface area (Å²) in [4.78, 5) is 0. The molecule has 0 aromatic heterocycles. The van der Waals surface area contributed by atoms with Gasteiger partial charge in [-0.3, -0.25) is 0 Å².